The molecule has 1 N–H and O–H groups in total. The number of aryl methyl sites for hydroxylation is 2. The van der Waals surface area contributed by atoms with E-state index < -0.39 is 24.3 Å². The number of hydrogen-bond donors (Lipinski definition) is 1. The van der Waals surface area contributed by atoms with Crippen LogP contribution in [-0.4, -0.2) is 22.7 Å². The van der Waals surface area contributed by atoms with Crippen LogP contribution in [0.1, 0.15) is 21.7 Å². The van der Waals surface area contributed by atoms with E-state index in [1.165, 1.54) is 35.2 Å². The molecule has 0 unspecified atom stereocenters. The Bertz CT molecular complexity index is 1100. The number of halogens is 4. The predicted octanol–water partition coefficient (Wildman–Crippen LogP) is 6.85. The van der Waals surface area contributed by atoms with Crippen LogP contribution in [0.4, 0.5) is 13.2 Å². The molecule has 1 heterocycles. The second kappa shape index (κ2) is 9.50. The number of hydrogen-bond acceptors (Lipinski definition) is 5. The highest BCUT2D eigenvalue weighted by Crippen LogP contribution is 2.38. The van der Waals surface area contributed by atoms with Crippen molar-refractivity contribution in [2.75, 3.05) is 6.61 Å². The summed E-state index contributed by atoms with van der Waals surface area (Å²) in [5.41, 5.74) is 1.51. The monoisotopic (exact) mass is 487 g/mol. The molecule has 0 fully saturated rings. The third-order valence-electron chi connectivity index (χ3n) is 4.29. The van der Waals surface area contributed by atoms with E-state index in [0.29, 0.717) is 27.1 Å². The minimum absolute atomic E-state index is 0.412. The van der Waals surface area contributed by atoms with E-state index in [-0.39, 0.29) is 0 Å². The largest absolute Gasteiger partial charge is 0.482 e. The Morgan fingerprint density at radius 2 is 1.90 bits per heavy atom. The molecule has 0 amide bonds. The van der Waals surface area contributed by atoms with Gasteiger partial charge in [-0.25, -0.2) is 9.78 Å². The van der Waals surface area contributed by atoms with Crippen molar-refractivity contribution < 1.29 is 27.8 Å². The Hall–Kier alpha value is -2.23. The van der Waals surface area contributed by atoms with E-state index in [1.54, 1.807) is 13.0 Å². The van der Waals surface area contributed by atoms with Gasteiger partial charge in [0.2, 0.25) is 0 Å². The fourth-order valence-electron chi connectivity index (χ4n) is 2.67. The number of carbonyl (C=O) groups is 1. The van der Waals surface area contributed by atoms with Gasteiger partial charge in [0.1, 0.15) is 10.8 Å². The van der Waals surface area contributed by atoms with Crippen LogP contribution in [-0.2, 0) is 16.7 Å². The average Bonchev–Trinajstić information content (AvgIpc) is 3.07. The van der Waals surface area contributed by atoms with Gasteiger partial charge in [-0.3, -0.25) is 0 Å². The van der Waals surface area contributed by atoms with Gasteiger partial charge in [0.15, 0.2) is 6.61 Å². The number of carboxylic acids is 1. The predicted molar refractivity (Wildman–Crippen MR) is 116 cm³/mol. The lowest BCUT2D eigenvalue weighted by Crippen LogP contribution is -2.10. The molecule has 0 aliphatic carbocycles. The van der Waals surface area contributed by atoms with Gasteiger partial charge in [-0.15, -0.1) is 23.1 Å². The number of aliphatic carboxylic acids is 1. The molecule has 0 saturated heterocycles. The van der Waals surface area contributed by atoms with Crippen LogP contribution in [0.3, 0.4) is 0 Å². The molecule has 1 aromatic heterocycles. The van der Waals surface area contributed by atoms with Crippen molar-refractivity contribution in [1.29, 1.82) is 0 Å². The Kier molecular flexibility index (Phi) is 7.18. The molecular formula is C21H17ClF3NO3S2. The number of benzene rings is 2. The maximum atomic E-state index is 12.8. The van der Waals surface area contributed by atoms with Crippen LogP contribution in [0, 0.1) is 13.8 Å². The fourth-order valence-corrected chi connectivity index (χ4v) is 5.22. The molecule has 4 nitrogen and oxygen atoms in total. The van der Waals surface area contributed by atoms with E-state index in [1.807, 2.05) is 13.0 Å². The SMILES string of the molecule is Cc1cc(SCc2sc(-c3ccc(C(F)(F)F)cc3)nc2C)c(Cl)cc1OCC(=O)O. The van der Waals surface area contributed by atoms with E-state index in [4.69, 9.17) is 21.4 Å². The third-order valence-corrected chi connectivity index (χ3v) is 7.19. The lowest BCUT2D eigenvalue weighted by atomic mass is 10.1. The first-order valence-corrected chi connectivity index (χ1v) is 11.1. The lowest BCUT2D eigenvalue weighted by molar-refractivity contribution is -0.139. The molecule has 0 bridgehead atoms. The van der Waals surface area contributed by atoms with Crippen LogP contribution in [0.5, 0.6) is 5.75 Å². The molecule has 0 atom stereocenters. The van der Waals surface area contributed by atoms with Gasteiger partial charge in [0.25, 0.3) is 0 Å². The van der Waals surface area contributed by atoms with Crippen molar-refractivity contribution in [3.8, 4) is 16.3 Å². The van der Waals surface area contributed by atoms with Crippen molar-refractivity contribution in [1.82, 2.24) is 4.98 Å². The number of rotatable bonds is 7. The molecule has 0 aliphatic rings. The molecule has 31 heavy (non-hydrogen) atoms. The van der Waals surface area contributed by atoms with Crippen LogP contribution in [0.2, 0.25) is 5.02 Å². The Labute approximate surface area is 190 Å². The van der Waals surface area contributed by atoms with E-state index >= 15 is 0 Å². The topological polar surface area (TPSA) is 59.4 Å². The molecule has 0 saturated carbocycles. The summed E-state index contributed by atoms with van der Waals surface area (Å²) in [4.78, 5) is 17.0. The van der Waals surface area contributed by atoms with Gasteiger partial charge < -0.3 is 9.84 Å². The first-order valence-electron chi connectivity index (χ1n) is 8.96. The minimum atomic E-state index is -4.37. The highest BCUT2D eigenvalue weighted by molar-refractivity contribution is 7.98. The highest BCUT2D eigenvalue weighted by Gasteiger charge is 2.30. The second-order valence-electron chi connectivity index (χ2n) is 6.62. The summed E-state index contributed by atoms with van der Waals surface area (Å²) in [5, 5.41) is 9.84. The van der Waals surface area contributed by atoms with E-state index in [2.05, 4.69) is 4.98 Å². The molecule has 0 aliphatic heterocycles. The van der Waals surface area contributed by atoms with E-state index in [9.17, 15) is 18.0 Å². The first-order chi connectivity index (χ1) is 14.5. The molecule has 2 aromatic carbocycles. The van der Waals surface area contributed by atoms with Crippen molar-refractivity contribution >= 4 is 40.7 Å². The van der Waals surface area contributed by atoms with Crippen molar-refractivity contribution in [3.63, 3.8) is 0 Å². The molecule has 0 radical (unpaired) electrons. The zero-order valence-electron chi connectivity index (χ0n) is 16.4. The van der Waals surface area contributed by atoms with Crippen LogP contribution in [0.25, 0.3) is 10.6 Å². The van der Waals surface area contributed by atoms with Gasteiger partial charge in [-0.1, -0.05) is 23.7 Å². The van der Waals surface area contributed by atoms with Gasteiger partial charge in [-0.2, -0.15) is 13.2 Å². The number of thioether (sulfide) groups is 1. The molecule has 0 spiro atoms. The number of nitrogens with zero attached hydrogens (tertiary/aromatic N) is 1. The smallest absolute Gasteiger partial charge is 0.416 e. The van der Waals surface area contributed by atoms with Gasteiger partial charge in [0, 0.05) is 27.2 Å². The minimum Gasteiger partial charge on any atom is -0.482 e. The zero-order chi connectivity index (χ0) is 22.8. The number of thiazole rings is 1. The summed E-state index contributed by atoms with van der Waals surface area (Å²) >= 11 is 9.24. The summed E-state index contributed by atoms with van der Waals surface area (Å²) in [7, 11) is 0. The standard InChI is InChI=1S/C21H17ClF3NO3S2/c1-11-7-17(15(22)8-16(11)29-9-19(27)28)30-10-18-12(2)26-20(31-18)13-3-5-14(6-4-13)21(23,24)25/h3-8H,9-10H2,1-2H3,(H,27,28). The molecule has 3 aromatic rings. The Morgan fingerprint density at radius 3 is 2.52 bits per heavy atom. The molecule has 10 heteroatoms. The maximum Gasteiger partial charge on any atom is 0.416 e. The summed E-state index contributed by atoms with van der Waals surface area (Å²) in [6.07, 6.45) is -4.37. The van der Waals surface area contributed by atoms with Crippen molar-refractivity contribution in [3.05, 3.63) is 63.1 Å². The van der Waals surface area contributed by atoms with E-state index in [0.717, 1.165) is 33.2 Å². The number of alkyl halides is 3. The van der Waals surface area contributed by atoms with Crippen LogP contribution < -0.4 is 4.74 Å². The Balaban J connectivity index is 1.72. The van der Waals surface area contributed by atoms with Gasteiger partial charge in [0.05, 0.1) is 16.3 Å². The zero-order valence-corrected chi connectivity index (χ0v) is 18.8. The summed E-state index contributed by atoms with van der Waals surface area (Å²) in [5.74, 6) is -0.0765. The lowest BCUT2D eigenvalue weighted by Gasteiger charge is -2.11. The Morgan fingerprint density at radius 1 is 1.23 bits per heavy atom. The summed E-state index contributed by atoms with van der Waals surface area (Å²) in [6, 6.07) is 8.38. The summed E-state index contributed by atoms with van der Waals surface area (Å²) in [6.45, 7) is 3.21. The van der Waals surface area contributed by atoms with Gasteiger partial charge >= 0.3 is 12.1 Å². The number of carboxylic acid groups (broad SMARTS) is 1. The third kappa shape index (κ3) is 5.93. The second-order valence-corrected chi connectivity index (χ2v) is 9.13. The van der Waals surface area contributed by atoms with Crippen LogP contribution in [0.15, 0.2) is 41.3 Å². The normalized spacial score (nSPS) is 11.5. The fraction of sp³-hybridized carbons (Fsp3) is 0.238. The van der Waals surface area contributed by atoms with Crippen LogP contribution >= 0.6 is 34.7 Å². The number of aromatic nitrogens is 1. The number of ether oxygens (including phenoxy) is 1. The molecular weight excluding hydrogens is 471 g/mol. The highest BCUT2D eigenvalue weighted by atomic mass is 35.5. The maximum absolute atomic E-state index is 12.8. The quantitative estimate of drug-likeness (QED) is 0.369. The average molecular weight is 488 g/mol. The molecule has 164 valence electrons. The van der Waals surface area contributed by atoms with Crippen molar-refractivity contribution in [2.45, 2.75) is 30.7 Å². The van der Waals surface area contributed by atoms with Crippen molar-refractivity contribution in [2.24, 2.45) is 0 Å². The first kappa shape index (κ1) is 23.4. The molecule has 3 rings (SSSR count). The summed E-state index contributed by atoms with van der Waals surface area (Å²) < 4.78 is 43.5. The van der Waals surface area contributed by atoms with Gasteiger partial charge in [-0.05, 0) is 37.6 Å².